The van der Waals surface area contributed by atoms with Gasteiger partial charge in [-0.3, -0.25) is 0 Å². The van der Waals surface area contributed by atoms with Crippen LogP contribution in [0.15, 0.2) is 48.5 Å². The van der Waals surface area contributed by atoms with Crippen molar-refractivity contribution in [3.63, 3.8) is 0 Å². The number of aliphatic hydroxyl groups is 1. The number of nitrogens with two attached hydrogens (primary N) is 1. The smallest absolute Gasteiger partial charge is 0.140 e. The maximum absolute atomic E-state index is 9.63. The lowest BCUT2D eigenvalue weighted by Gasteiger charge is -2.08. The van der Waals surface area contributed by atoms with Crippen molar-refractivity contribution in [3.05, 3.63) is 75.9 Å². The molecule has 1 heterocycles. The summed E-state index contributed by atoms with van der Waals surface area (Å²) in [7, 11) is 0. The van der Waals surface area contributed by atoms with Crippen molar-refractivity contribution >= 4 is 29.1 Å². The zero-order valence-corrected chi connectivity index (χ0v) is 16.7. The number of rotatable bonds is 7. The van der Waals surface area contributed by atoms with Gasteiger partial charge in [-0.25, -0.2) is 4.68 Å². The average Bonchev–Trinajstić information content (AvgIpc) is 3.07. The minimum Gasteiger partial charge on any atom is -0.489 e. The fourth-order valence-corrected chi connectivity index (χ4v) is 3.02. The van der Waals surface area contributed by atoms with Crippen LogP contribution in [0, 0.1) is 22.7 Å². The quantitative estimate of drug-likeness (QED) is 0.564. The van der Waals surface area contributed by atoms with Gasteiger partial charge in [-0.05, 0) is 29.8 Å². The van der Waals surface area contributed by atoms with Crippen molar-refractivity contribution in [3.8, 4) is 17.9 Å². The van der Waals surface area contributed by atoms with E-state index in [1.54, 1.807) is 36.4 Å². The van der Waals surface area contributed by atoms with Crippen LogP contribution in [0.3, 0.4) is 0 Å². The van der Waals surface area contributed by atoms with Crippen LogP contribution in [0.2, 0.25) is 5.02 Å². The summed E-state index contributed by atoms with van der Waals surface area (Å²) < 4.78 is 7.13. The number of aliphatic hydroxyl groups excluding tert-OH is 1. The van der Waals surface area contributed by atoms with Crippen LogP contribution in [0.1, 0.15) is 22.4 Å². The Kier molecular flexibility index (Phi) is 6.71. The van der Waals surface area contributed by atoms with Crippen LogP contribution < -0.4 is 10.5 Å². The maximum Gasteiger partial charge on any atom is 0.140 e. The molecule has 7 nitrogen and oxygen atoms in total. The van der Waals surface area contributed by atoms with E-state index in [-0.39, 0.29) is 35.8 Å². The van der Waals surface area contributed by atoms with E-state index in [2.05, 4.69) is 11.2 Å². The Morgan fingerprint density at radius 3 is 2.73 bits per heavy atom. The molecule has 3 N–H and O–H groups in total. The molecule has 0 saturated heterocycles. The number of allylic oxidation sites excluding steroid dienone is 1. The van der Waals surface area contributed by atoms with Crippen LogP contribution in [-0.4, -0.2) is 21.5 Å². The Morgan fingerprint density at radius 1 is 1.23 bits per heavy atom. The van der Waals surface area contributed by atoms with Gasteiger partial charge in [-0.1, -0.05) is 41.9 Å². The first-order valence-electron chi connectivity index (χ1n) is 9.03. The molecule has 3 aromatic rings. The first-order chi connectivity index (χ1) is 14.6. The summed E-state index contributed by atoms with van der Waals surface area (Å²) in [4.78, 5) is 0. The number of ether oxygens (including phenoxy) is 1. The third kappa shape index (κ3) is 4.61. The lowest BCUT2D eigenvalue weighted by Crippen LogP contribution is -2.07. The largest absolute Gasteiger partial charge is 0.489 e. The minimum atomic E-state index is -0.188. The number of halogens is 1. The van der Waals surface area contributed by atoms with E-state index < -0.39 is 0 Å². The van der Waals surface area contributed by atoms with Gasteiger partial charge in [-0.2, -0.15) is 15.6 Å². The Balaban J connectivity index is 1.88. The molecule has 0 amide bonds. The highest BCUT2D eigenvalue weighted by Gasteiger charge is 2.18. The molecule has 0 atom stereocenters. The molecular weight excluding hydrogens is 402 g/mol. The SMILES string of the molecule is N#CC(=Cc1cccc(OCc2ccccc2Cl)c1)c1nn(CCO)c(N)c1C#N. The van der Waals surface area contributed by atoms with Gasteiger partial charge >= 0.3 is 0 Å². The first-order valence-corrected chi connectivity index (χ1v) is 9.40. The monoisotopic (exact) mass is 419 g/mol. The molecule has 0 aliphatic heterocycles. The number of hydrogen-bond acceptors (Lipinski definition) is 6. The van der Waals surface area contributed by atoms with Crippen molar-refractivity contribution < 1.29 is 9.84 Å². The number of nitrogens with zero attached hydrogens (tertiary/aromatic N) is 4. The molecule has 8 heteroatoms. The highest BCUT2D eigenvalue weighted by molar-refractivity contribution is 6.31. The molecule has 0 aliphatic rings. The Labute approximate surface area is 178 Å². The lowest BCUT2D eigenvalue weighted by atomic mass is 10.1. The van der Waals surface area contributed by atoms with Crippen LogP contribution in [-0.2, 0) is 13.2 Å². The van der Waals surface area contributed by atoms with Crippen molar-refractivity contribution in [2.45, 2.75) is 13.2 Å². The van der Waals surface area contributed by atoms with E-state index in [9.17, 15) is 10.5 Å². The number of hydrogen-bond donors (Lipinski definition) is 2. The fraction of sp³-hybridized carbons (Fsp3) is 0.136. The number of aromatic nitrogens is 2. The summed E-state index contributed by atoms with van der Waals surface area (Å²) in [5.41, 5.74) is 7.93. The van der Waals surface area contributed by atoms with Crippen LogP contribution >= 0.6 is 11.6 Å². The summed E-state index contributed by atoms with van der Waals surface area (Å²) in [6, 6.07) is 18.6. The molecule has 150 valence electrons. The van der Waals surface area contributed by atoms with Crippen molar-refractivity contribution in [2.24, 2.45) is 0 Å². The minimum absolute atomic E-state index is 0.0994. The molecule has 0 saturated carbocycles. The molecule has 2 aromatic carbocycles. The van der Waals surface area contributed by atoms with Crippen LogP contribution in [0.25, 0.3) is 11.6 Å². The van der Waals surface area contributed by atoms with E-state index in [1.165, 1.54) is 4.68 Å². The van der Waals surface area contributed by atoms with E-state index in [1.807, 2.05) is 24.3 Å². The van der Waals surface area contributed by atoms with Gasteiger partial charge in [0.1, 0.15) is 41.6 Å². The molecule has 30 heavy (non-hydrogen) atoms. The predicted molar refractivity (Wildman–Crippen MR) is 114 cm³/mol. The molecule has 1 aromatic heterocycles. The van der Waals surface area contributed by atoms with E-state index >= 15 is 0 Å². The Morgan fingerprint density at radius 2 is 2.03 bits per heavy atom. The topological polar surface area (TPSA) is 121 Å². The summed E-state index contributed by atoms with van der Waals surface area (Å²) in [5.74, 6) is 0.714. The zero-order chi connectivity index (χ0) is 21.5. The highest BCUT2D eigenvalue weighted by atomic mass is 35.5. The molecule has 0 unspecified atom stereocenters. The predicted octanol–water partition coefficient (Wildman–Crippen LogP) is 3.63. The number of nitriles is 2. The van der Waals surface area contributed by atoms with Crippen molar-refractivity contribution in [1.29, 1.82) is 10.5 Å². The summed E-state index contributed by atoms with van der Waals surface area (Å²) in [6.07, 6.45) is 1.61. The summed E-state index contributed by atoms with van der Waals surface area (Å²) >= 11 is 6.16. The van der Waals surface area contributed by atoms with Crippen molar-refractivity contribution in [2.75, 3.05) is 12.3 Å². The lowest BCUT2D eigenvalue weighted by molar-refractivity contribution is 0.270. The third-order valence-electron chi connectivity index (χ3n) is 4.31. The van der Waals surface area contributed by atoms with Crippen LogP contribution in [0.4, 0.5) is 5.82 Å². The van der Waals surface area contributed by atoms with E-state index in [4.69, 9.17) is 27.2 Å². The van der Waals surface area contributed by atoms with E-state index in [0.29, 0.717) is 22.9 Å². The molecule has 0 fully saturated rings. The summed E-state index contributed by atoms with van der Waals surface area (Å²) in [6.45, 7) is 0.246. The summed E-state index contributed by atoms with van der Waals surface area (Å²) in [5, 5.41) is 33.0. The number of benzene rings is 2. The van der Waals surface area contributed by atoms with Crippen LogP contribution in [0.5, 0.6) is 5.75 Å². The maximum atomic E-state index is 9.63. The molecule has 0 aliphatic carbocycles. The van der Waals surface area contributed by atoms with Gasteiger partial charge in [0.05, 0.1) is 18.7 Å². The molecule has 0 bridgehead atoms. The van der Waals surface area contributed by atoms with Gasteiger partial charge < -0.3 is 15.6 Å². The van der Waals surface area contributed by atoms with Gasteiger partial charge in [0.25, 0.3) is 0 Å². The number of anilines is 1. The highest BCUT2D eigenvalue weighted by Crippen LogP contribution is 2.26. The second-order valence-corrected chi connectivity index (χ2v) is 6.70. The number of nitrogen functional groups attached to an aromatic ring is 1. The molecule has 0 spiro atoms. The molecule has 0 radical (unpaired) electrons. The second-order valence-electron chi connectivity index (χ2n) is 6.29. The molecular formula is C22H18ClN5O2. The second kappa shape index (κ2) is 9.62. The van der Waals surface area contributed by atoms with Gasteiger partial charge in [0.15, 0.2) is 0 Å². The van der Waals surface area contributed by atoms with Gasteiger partial charge in [0, 0.05) is 10.6 Å². The van der Waals surface area contributed by atoms with Gasteiger partial charge in [0.2, 0.25) is 0 Å². The first kappa shape index (κ1) is 20.9. The Hall–Kier alpha value is -3.78. The van der Waals surface area contributed by atoms with Crippen molar-refractivity contribution in [1.82, 2.24) is 9.78 Å². The third-order valence-corrected chi connectivity index (χ3v) is 4.68. The normalized spacial score (nSPS) is 11.0. The Bertz CT molecular complexity index is 1170. The molecule has 3 rings (SSSR count). The fourth-order valence-electron chi connectivity index (χ4n) is 2.83. The zero-order valence-electron chi connectivity index (χ0n) is 15.9. The standard InChI is InChI=1S/C22H18ClN5O2/c23-20-7-2-1-5-16(20)14-30-18-6-3-4-15(11-18)10-17(12-24)21-19(13-25)22(26)28(27-21)8-9-29/h1-7,10-11,29H,8-9,14,26H2. The van der Waals surface area contributed by atoms with E-state index in [0.717, 1.165) is 5.56 Å². The van der Waals surface area contributed by atoms with Gasteiger partial charge in [-0.15, -0.1) is 0 Å². The average molecular weight is 420 g/mol.